The topological polar surface area (TPSA) is 50.4 Å². The van der Waals surface area contributed by atoms with Crippen molar-refractivity contribution in [3.8, 4) is 5.75 Å². The van der Waals surface area contributed by atoms with Crippen LogP contribution >= 0.6 is 0 Å². The lowest BCUT2D eigenvalue weighted by Gasteiger charge is -2.02. The van der Waals surface area contributed by atoms with E-state index < -0.39 is 11.2 Å². The number of hydrogen-bond acceptors (Lipinski definition) is 3. The molecule has 0 aliphatic heterocycles. The predicted octanol–water partition coefficient (Wildman–Crippen LogP) is 2.79. The molecule has 4 heteroatoms. The molecule has 0 saturated heterocycles. The van der Waals surface area contributed by atoms with E-state index >= 15 is 0 Å². The first kappa shape index (κ1) is 9.84. The van der Waals surface area contributed by atoms with E-state index in [9.17, 15) is 14.3 Å². The van der Waals surface area contributed by atoms with Crippen molar-refractivity contribution in [2.45, 2.75) is 0 Å². The van der Waals surface area contributed by atoms with Crippen molar-refractivity contribution in [3.05, 3.63) is 52.4 Å². The molecule has 0 saturated carbocycles. The van der Waals surface area contributed by atoms with Gasteiger partial charge in [-0.2, -0.15) is 0 Å². The van der Waals surface area contributed by atoms with E-state index in [1.165, 1.54) is 36.4 Å². The molecular formula is C13H7FO3. The molecule has 0 aliphatic rings. The Morgan fingerprint density at radius 1 is 1.12 bits per heavy atom. The van der Waals surface area contributed by atoms with Gasteiger partial charge in [0.05, 0.1) is 5.39 Å². The van der Waals surface area contributed by atoms with Crippen LogP contribution in [-0.4, -0.2) is 5.11 Å². The first-order valence-electron chi connectivity index (χ1n) is 5.01. The van der Waals surface area contributed by atoms with Crippen LogP contribution in [0.5, 0.6) is 5.75 Å². The fraction of sp³-hybridized carbons (Fsp3) is 0. The second-order valence-corrected chi connectivity index (χ2v) is 3.72. The summed E-state index contributed by atoms with van der Waals surface area (Å²) in [6.45, 7) is 0. The maximum atomic E-state index is 13.6. The predicted molar refractivity (Wildman–Crippen MR) is 61.6 cm³/mol. The van der Waals surface area contributed by atoms with Crippen molar-refractivity contribution in [2.24, 2.45) is 0 Å². The summed E-state index contributed by atoms with van der Waals surface area (Å²) >= 11 is 0. The van der Waals surface area contributed by atoms with E-state index in [0.29, 0.717) is 5.58 Å². The number of phenols is 1. The van der Waals surface area contributed by atoms with Gasteiger partial charge in [-0.1, -0.05) is 6.07 Å². The van der Waals surface area contributed by atoms with Crippen LogP contribution in [0.1, 0.15) is 0 Å². The van der Waals surface area contributed by atoms with Crippen LogP contribution in [0.3, 0.4) is 0 Å². The summed E-state index contributed by atoms with van der Waals surface area (Å²) in [7, 11) is 0. The van der Waals surface area contributed by atoms with Gasteiger partial charge < -0.3 is 9.52 Å². The molecule has 3 rings (SSSR count). The third-order valence-electron chi connectivity index (χ3n) is 2.63. The minimum Gasteiger partial charge on any atom is -0.508 e. The SMILES string of the molecule is O=c1c2cc(O)ccc2oc2cccc(F)c12. The second kappa shape index (κ2) is 3.31. The summed E-state index contributed by atoms with van der Waals surface area (Å²) in [5, 5.41) is 9.40. The van der Waals surface area contributed by atoms with Gasteiger partial charge in [0.1, 0.15) is 28.1 Å². The molecule has 0 radical (unpaired) electrons. The summed E-state index contributed by atoms with van der Waals surface area (Å²) in [5.74, 6) is -0.679. The molecule has 2 aromatic carbocycles. The molecule has 0 unspecified atom stereocenters. The Bertz CT molecular complexity index is 790. The van der Waals surface area contributed by atoms with Gasteiger partial charge in [-0.25, -0.2) is 4.39 Å². The van der Waals surface area contributed by atoms with Crippen LogP contribution < -0.4 is 5.43 Å². The Kier molecular flexibility index (Phi) is 1.92. The Labute approximate surface area is 94.7 Å². The number of hydrogen-bond donors (Lipinski definition) is 1. The largest absolute Gasteiger partial charge is 0.508 e. The summed E-state index contributed by atoms with van der Waals surface area (Å²) in [5.41, 5.74) is 0.0503. The number of benzene rings is 2. The van der Waals surface area contributed by atoms with Crippen LogP contribution in [0.2, 0.25) is 0 Å². The summed E-state index contributed by atoms with van der Waals surface area (Å²) in [6.07, 6.45) is 0. The van der Waals surface area contributed by atoms with Gasteiger partial charge >= 0.3 is 0 Å². The van der Waals surface area contributed by atoms with E-state index in [1.54, 1.807) is 0 Å². The molecule has 84 valence electrons. The van der Waals surface area contributed by atoms with Crippen LogP contribution in [0.25, 0.3) is 21.9 Å². The quantitative estimate of drug-likeness (QED) is 0.604. The third-order valence-corrected chi connectivity index (χ3v) is 2.63. The Balaban J connectivity index is 2.63. The van der Waals surface area contributed by atoms with Crippen molar-refractivity contribution in [1.29, 1.82) is 0 Å². The molecule has 0 fully saturated rings. The molecule has 17 heavy (non-hydrogen) atoms. The molecule has 0 spiro atoms. The zero-order chi connectivity index (χ0) is 12.0. The van der Waals surface area contributed by atoms with Crippen LogP contribution in [0.15, 0.2) is 45.6 Å². The number of aromatic hydroxyl groups is 1. The molecule has 1 heterocycles. The molecule has 3 aromatic rings. The highest BCUT2D eigenvalue weighted by molar-refractivity contribution is 5.90. The summed E-state index contributed by atoms with van der Waals surface area (Å²) in [4.78, 5) is 12.0. The van der Waals surface area contributed by atoms with E-state index in [1.807, 2.05) is 0 Å². The third kappa shape index (κ3) is 1.38. The van der Waals surface area contributed by atoms with Gasteiger partial charge in [-0.3, -0.25) is 4.79 Å². The first-order chi connectivity index (χ1) is 8.16. The maximum absolute atomic E-state index is 13.6. The van der Waals surface area contributed by atoms with Crippen molar-refractivity contribution >= 4 is 21.9 Å². The highest BCUT2D eigenvalue weighted by atomic mass is 19.1. The van der Waals surface area contributed by atoms with Gasteiger partial charge in [0.2, 0.25) is 5.43 Å². The average molecular weight is 230 g/mol. The summed E-state index contributed by atoms with van der Waals surface area (Å²) < 4.78 is 19.0. The average Bonchev–Trinajstić information content (AvgIpc) is 2.30. The van der Waals surface area contributed by atoms with E-state index in [0.717, 1.165) is 0 Å². The Morgan fingerprint density at radius 3 is 2.76 bits per heavy atom. The van der Waals surface area contributed by atoms with Gasteiger partial charge in [-0.15, -0.1) is 0 Å². The van der Waals surface area contributed by atoms with Crippen LogP contribution in [0, 0.1) is 5.82 Å². The monoisotopic (exact) mass is 230 g/mol. The first-order valence-corrected chi connectivity index (χ1v) is 5.01. The molecule has 3 nitrogen and oxygen atoms in total. The highest BCUT2D eigenvalue weighted by Gasteiger charge is 2.11. The smallest absolute Gasteiger partial charge is 0.203 e. The second-order valence-electron chi connectivity index (χ2n) is 3.72. The minimum absolute atomic E-state index is 0.0551. The van der Waals surface area contributed by atoms with Gasteiger partial charge in [0.25, 0.3) is 0 Å². The van der Waals surface area contributed by atoms with Gasteiger partial charge in [-0.05, 0) is 30.3 Å². The molecule has 0 bridgehead atoms. The van der Waals surface area contributed by atoms with E-state index in [2.05, 4.69) is 0 Å². The molecular weight excluding hydrogens is 223 g/mol. The molecule has 1 N–H and O–H groups in total. The number of halogens is 1. The Hall–Kier alpha value is -2.36. The van der Waals surface area contributed by atoms with Crippen molar-refractivity contribution in [2.75, 3.05) is 0 Å². The molecule has 0 aliphatic carbocycles. The highest BCUT2D eigenvalue weighted by Crippen LogP contribution is 2.22. The summed E-state index contributed by atoms with van der Waals surface area (Å²) in [6, 6.07) is 8.38. The normalized spacial score (nSPS) is 11.1. The van der Waals surface area contributed by atoms with E-state index in [-0.39, 0.29) is 22.1 Å². The maximum Gasteiger partial charge on any atom is 0.203 e. The standard InChI is InChI=1S/C13H7FO3/c14-9-2-1-3-11-12(9)13(16)8-6-7(15)4-5-10(8)17-11/h1-6,15H. The minimum atomic E-state index is -0.624. The number of phenolic OH excluding ortho intramolecular Hbond substituents is 1. The van der Waals surface area contributed by atoms with Crippen molar-refractivity contribution in [1.82, 2.24) is 0 Å². The van der Waals surface area contributed by atoms with Crippen LogP contribution in [-0.2, 0) is 0 Å². The fourth-order valence-electron chi connectivity index (χ4n) is 1.85. The molecule has 1 aromatic heterocycles. The fourth-order valence-corrected chi connectivity index (χ4v) is 1.85. The lowest BCUT2D eigenvalue weighted by atomic mass is 10.1. The van der Waals surface area contributed by atoms with Gasteiger partial charge in [0, 0.05) is 0 Å². The van der Waals surface area contributed by atoms with Gasteiger partial charge in [0.15, 0.2) is 0 Å². The van der Waals surface area contributed by atoms with E-state index in [4.69, 9.17) is 4.42 Å². The number of fused-ring (bicyclic) bond motifs is 2. The zero-order valence-electron chi connectivity index (χ0n) is 8.61. The lowest BCUT2D eigenvalue weighted by molar-refractivity contribution is 0.475. The molecule has 0 atom stereocenters. The lowest BCUT2D eigenvalue weighted by Crippen LogP contribution is -2.03. The molecule has 0 amide bonds. The number of rotatable bonds is 0. The Morgan fingerprint density at radius 2 is 1.94 bits per heavy atom. The van der Waals surface area contributed by atoms with Crippen LogP contribution in [0.4, 0.5) is 4.39 Å². The van der Waals surface area contributed by atoms with Crippen molar-refractivity contribution < 1.29 is 13.9 Å². The zero-order valence-corrected chi connectivity index (χ0v) is 8.61. The van der Waals surface area contributed by atoms with Crippen molar-refractivity contribution in [3.63, 3.8) is 0 Å².